The fraction of sp³-hybridized carbons (Fsp3) is 0. The number of ether oxygens (including phenoxy) is 1. The molecule has 4 aromatic heterocycles. The van der Waals surface area contributed by atoms with Crippen molar-refractivity contribution in [3.8, 4) is 34.3 Å². The number of thiophene rings is 2. The van der Waals surface area contributed by atoms with Gasteiger partial charge in [-0.25, -0.2) is 0 Å². The third kappa shape index (κ3) is 4.41. The van der Waals surface area contributed by atoms with E-state index in [1.165, 1.54) is 40.3 Å². The van der Waals surface area contributed by atoms with Crippen LogP contribution in [0.25, 0.3) is 62.9 Å². The van der Waals surface area contributed by atoms with Crippen molar-refractivity contribution in [3.05, 3.63) is 121 Å². The van der Waals surface area contributed by atoms with Crippen molar-refractivity contribution in [2.45, 2.75) is 0 Å². The Balaban J connectivity index is 0.00000264. The quantitative estimate of drug-likeness (QED) is 0.169. The smallest absolute Gasteiger partial charge is 0.422 e. The van der Waals surface area contributed by atoms with Crippen LogP contribution in [0.4, 0.5) is 0 Å². The van der Waals surface area contributed by atoms with E-state index in [-0.39, 0.29) is 21.1 Å². The minimum atomic E-state index is 0. The molecule has 0 atom stereocenters. The normalized spacial score (nSPS) is 11.3. The van der Waals surface area contributed by atoms with Gasteiger partial charge in [0.1, 0.15) is 0 Å². The first-order valence-electron chi connectivity index (χ1n) is 12.6. The van der Waals surface area contributed by atoms with E-state index in [1.54, 1.807) is 22.7 Å². The second-order valence-electron chi connectivity index (χ2n) is 9.27. The van der Waals surface area contributed by atoms with Crippen molar-refractivity contribution in [2.24, 2.45) is 0 Å². The minimum absolute atomic E-state index is 0. The molecule has 0 aliphatic rings. The summed E-state index contributed by atoms with van der Waals surface area (Å²) in [6.07, 6.45) is 0. The number of rotatable bonds is 4. The van der Waals surface area contributed by atoms with Gasteiger partial charge in [-0.2, -0.15) is 22.7 Å². The summed E-state index contributed by atoms with van der Waals surface area (Å²) in [5.74, 6) is 0.983. The molecule has 4 heterocycles. The topological polar surface area (TPSA) is 35.0 Å². The molecule has 4 aromatic carbocycles. The maximum atomic E-state index is 6.13. The first-order valence-corrected chi connectivity index (χ1v) is 14.2. The summed E-state index contributed by atoms with van der Waals surface area (Å²) < 4.78 is 11.1. The number of aromatic nitrogens is 2. The van der Waals surface area contributed by atoms with Gasteiger partial charge in [0, 0.05) is 9.40 Å². The van der Waals surface area contributed by atoms with Gasteiger partial charge in [0.25, 0.3) is 0 Å². The molecule has 6 heteroatoms. The zero-order valence-corrected chi connectivity index (χ0v) is 24.7. The van der Waals surface area contributed by atoms with Gasteiger partial charge in [-0.1, -0.05) is 71.4 Å². The zero-order valence-electron chi connectivity index (χ0n) is 20.8. The van der Waals surface area contributed by atoms with E-state index in [4.69, 9.17) is 14.7 Å². The molecule has 0 aliphatic heterocycles. The predicted molar refractivity (Wildman–Crippen MR) is 163 cm³/mol. The molecule has 0 fully saturated rings. The van der Waals surface area contributed by atoms with Crippen LogP contribution in [0.5, 0.6) is 11.8 Å². The van der Waals surface area contributed by atoms with Crippen LogP contribution in [0.3, 0.4) is 0 Å². The van der Waals surface area contributed by atoms with Gasteiger partial charge < -0.3 is 4.74 Å². The molecule has 0 aliphatic carbocycles. The van der Waals surface area contributed by atoms with Crippen molar-refractivity contribution in [3.63, 3.8) is 0 Å². The zero-order chi connectivity index (χ0) is 25.8. The molecule has 0 saturated heterocycles. The Morgan fingerprint density at radius 3 is 1.48 bits per heavy atom. The summed E-state index contributed by atoms with van der Waals surface area (Å²) in [4.78, 5) is 9.54. The van der Waals surface area contributed by atoms with E-state index < -0.39 is 0 Å². The van der Waals surface area contributed by atoms with Crippen LogP contribution in [0, 0.1) is 12.1 Å². The Labute approximate surface area is 253 Å². The Morgan fingerprint density at radius 2 is 0.975 bits per heavy atom. The van der Waals surface area contributed by atoms with E-state index in [0.717, 1.165) is 22.5 Å². The molecule has 0 amide bonds. The van der Waals surface area contributed by atoms with Crippen LogP contribution >= 0.6 is 22.7 Å². The van der Waals surface area contributed by atoms with Crippen molar-refractivity contribution in [1.82, 2.24) is 9.97 Å². The van der Waals surface area contributed by atoms with Crippen LogP contribution in [-0.4, -0.2) is 9.97 Å². The second-order valence-corrected chi connectivity index (χ2v) is 11.4. The summed E-state index contributed by atoms with van der Waals surface area (Å²) in [6.45, 7) is 0. The Morgan fingerprint density at radius 1 is 0.500 bits per heavy atom. The summed E-state index contributed by atoms with van der Waals surface area (Å²) in [7, 11) is 0. The van der Waals surface area contributed by atoms with Gasteiger partial charge in [0.2, 0.25) is 11.8 Å². The average molecular weight is 730 g/mol. The van der Waals surface area contributed by atoms with E-state index in [2.05, 4.69) is 84.9 Å². The molecule has 0 spiro atoms. The number of hydrogen-bond donors (Lipinski definition) is 0. The van der Waals surface area contributed by atoms with E-state index in [9.17, 15) is 0 Å². The number of nitrogens with zero attached hydrogens (tertiary/aromatic N) is 2. The van der Waals surface area contributed by atoms with Crippen molar-refractivity contribution >= 4 is 63.0 Å². The van der Waals surface area contributed by atoms with Crippen molar-refractivity contribution in [2.75, 3.05) is 0 Å². The van der Waals surface area contributed by atoms with Crippen LogP contribution in [0.2, 0.25) is 0 Å². The molecule has 0 radical (unpaired) electrons. The summed E-state index contributed by atoms with van der Waals surface area (Å²) in [6, 6.07) is 43.8. The molecule has 0 bridgehead atoms. The molecule has 0 saturated carbocycles. The molecule has 3 nitrogen and oxygen atoms in total. The molecule has 0 N–H and O–H groups in total. The largest absolute Gasteiger partial charge is 2.00 e. The third-order valence-corrected chi connectivity index (χ3v) is 9.10. The summed E-state index contributed by atoms with van der Waals surface area (Å²) >= 11 is 3.57. The molecule has 8 aromatic rings. The minimum Gasteiger partial charge on any atom is -0.422 e. The van der Waals surface area contributed by atoms with Crippen LogP contribution in [0.1, 0.15) is 0 Å². The van der Waals surface area contributed by atoms with Gasteiger partial charge in [0.15, 0.2) is 0 Å². The molecule has 192 valence electrons. The summed E-state index contributed by atoms with van der Waals surface area (Å²) in [5, 5.41) is 4.97. The van der Waals surface area contributed by atoms with E-state index in [1.807, 2.05) is 36.4 Å². The third-order valence-electron chi connectivity index (χ3n) is 6.83. The van der Waals surface area contributed by atoms with E-state index >= 15 is 0 Å². The standard InChI is InChI=1S/C34H18N2OS2.Pt/c1-3-11-29-23(7-1)25-17-15-21(19-31(25)38-29)27-9-5-13-33(35-27)37-34-14-6-10-28(36-34)22-16-18-26-24-8-2-4-12-30(24)39-32(26)20-22;/h1-14,17-20H;/q-2;+2. The Kier molecular flexibility index (Phi) is 6.44. The van der Waals surface area contributed by atoms with Gasteiger partial charge in [-0.05, 0) is 55.8 Å². The van der Waals surface area contributed by atoms with Crippen LogP contribution < -0.4 is 4.74 Å². The predicted octanol–water partition coefficient (Wildman–Crippen LogP) is 9.94. The van der Waals surface area contributed by atoms with Crippen LogP contribution in [-0.2, 0) is 21.1 Å². The Bertz CT molecular complexity index is 2030. The molecular weight excluding hydrogens is 712 g/mol. The Hall–Kier alpha value is -3.89. The first-order chi connectivity index (χ1) is 19.3. The molecular formula is C34H18N2OPtS2. The summed E-state index contributed by atoms with van der Waals surface area (Å²) in [5.41, 5.74) is 3.50. The van der Waals surface area contributed by atoms with Crippen LogP contribution in [0.15, 0.2) is 109 Å². The maximum Gasteiger partial charge on any atom is 2.00 e. The van der Waals surface area contributed by atoms with Crippen molar-refractivity contribution in [1.29, 1.82) is 0 Å². The molecule has 0 unspecified atom stereocenters. The fourth-order valence-corrected chi connectivity index (χ4v) is 7.23. The molecule has 40 heavy (non-hydrogen) atoms. The number of benzene rings is 4. The average Bonchev–Trinajstić information content (AvgIpc) is 3.55. The number of hydrogen-bond acceptors (Lipinski definition) is 5. The second kappa shape index (κ2) is 10.3. The maximum absolute atomic E-state index is 6.13. The van der Waals surface area contributed by atoms with Gasteiger partial charge >= 0.3 is 21.1 Å². The van der Waals surface area contributed by atoms with E-state index in [0.29, 0.717) is 11.8 Å². The van der Waals surface area contributed by atoms with Crippen molar-refractivity contribution < 1.29 is 25.8 Å². The van der Waals surface area contributed by atoms with Gasteiger partial charge in [0.05, 0.1) is 0 Å². The SMILES string of the molecule is [Pt+2].[c-]1cc2c(cc1-c1cccc(Oc3cccc(-c4[c-]cc5c(c4)sc4ccccc45)n3)n1)sc1ccccc12. The monoisotopic (exact) mass is 729 g/mol. The van der Waals surface area contributed by atoms with Gasteiger partial charge in [-0.15, -0.1) is 47.5 Å². The number of pyridine rings is 2. The molecule has 8 rings (SSSR count). The fourth-order valence-electron chi connectivity index (χ4n) is 4.97. The van der Waals surface area contributed by atoms with Gasteiger partial charge in [-0.3, -0.25) is 9.97 Å². The first kappa shape index (κ1) is 25.1. The number of fused-ring (bicyclic) bond motifs is 6.